The molecular weight excluding hydrogens is 292 g/mol. The van der Waals surface area contributed by atoms with Crippen LogP contribution in [0.3, 0.4) is 0 Å². The second-order valence-electron chi connectivity index (χ2n) is 4.92. The molecule has 1 fully saturated rings. The lowest BCUT2D eigenvalue weighted by molar-refractivity contribution is 0.0695. The minimum Gasteiger partial charge on any atom is -0.398 e. The van der Waals surface area contributed by atoms with Crippen LogP contribution in [0.4, 0.5) is 5.69 Å². The summed E-state index contributed by atoms with van der Waals surface area (Å²) in [5.74, 6) is 0.0566. The van der Waals surface area contributed by atoms with Crippen molar-refractivity contribution >= 4 is 27.5 Å². The molecule has 0 saturated heterocycles. The topological polar surface area (TPSA) is 46.3 Å². The van der Waals surface area contributed by atoms with E-state index in [1.807, 2.05) is 24.1 Å². The van der Waals surface area contributed by atoms with E-state index in [4.69, 9.17) is 5.73 Å². The molecule has 98 valence electrons. The fraction of sp³-hybridized carbons (Fsp3) is 0.500. The maximum absolute atomic E-state index is 12.5. The van der Waals surface area contributed by atoms with Crippen LogP contribution in [0.2, 0.25) is 0 Å². The van der Waals surface area contributed by atoms with Gasteiger partial charge in [0, 0.05) is 18.8 Å². The average Bonchev–Trinajstić information content (AvgIpc) is 2.41. The fourth-order valence-corrected chi connectivity index (χ4v) is 2.97. The normalized spacial score (nSPS) is 16.6. The van der Waals surface area contributed by atoms with Crippen molar-refractivity contribution in [3.05, 3.63) is 28.2 Å². The lowest BCUT2D eigenvalue weighted by atomic mass is 9.94. The third-order valence-electron chi connectivity index (χ3n) is 3.70. The molecular formula is C14H19BrN2O. The Morgan fingerprint density at radius 1 is 1.33 bits per heavy atom. The van der Waals surface area contributed by atoms with Gasteiger partial charge in [0.2, 0.25) is 0 Å². The zero-order valence-electron chi connectivity index (χ0n) is 10.7. The number of carbonyl (C=O) groups is 1. The zero-order valence-corrected chi connectivity index (χ0v) is 12.2. The van der Waals surface area contributed by atoms with Gasteiger partial charge in [-0.2, -0.15) is 0 Å². The quantitative estimate of drug-likeness (QED) is 0.851. The van der Waals surface area contributed by atoms with Crippen LogP contribution in [0.5, 0.6) is 0 Å². The van der Waals surface area contributed by atoms with E-state index in [0.717, 1.165) is 12.8 Å². The standard InChI is InChI=1S/C14H19BrN2O/c1-17(10-6-3-2-4-7-10)14(18)11-8-5-9-12(16)13(11)15/h5,8-10H,2-4,6-7,16H2,1H3. The number of hydrogen-bond donors (Lipinski definition) is 1. The van der Waals surface area contributed by atoms with Gasteiger partial charge in [0.25, 0.3) is 5.91 Å². The van der Waals surface area contributed by atoms with E-state index in [2.05, 4.69) is 15.9 Å². The number of nitrogens with two attached hydrogens (primary N) is 1. The Morgan fingerprint density at radius 2 is 2.00 bits per heavy atom. The summed E-state index contributed by atoms with van der Waals surface area (Å²) in [6.45, 7) is 0. The lowest BCUT2D eigenvalue weighted by Crippen LogP contribution is -2.38. The van der Waals surface area contributed by atoms with Crippen LogP contribution >= 0.6 is 15.9 Å². The van der Waals surface area contributed by atoms with E-state index >= 15 is 0 Å². The molecule has 0 atom stereocenters. The number of carbonyl (C=O) groups excluding carboxylic acids is 1. The van der Waals surface area contributed by atoms with E-state index < -0.39 is 0 Å². The molecule has 1 amide bonds. The maximum atomic E-state index is 12.5. The van der Waals surface area contributed by atoms with Gasteiger partial charge in [-0.15, -0.1) is 0 Å². The van der Waals surface area contributed by atoms with Crippen LogP contribution in [0, 0.1) is 0 Å². The number of nitrogens with zero attached hydrogens (tertiary/aromatic N) is 1. The number of hydrogen-bond acceptors (Lipinski definition) is 2. The first-order valence-corrected chi connectivity index (χ1v) is 7.21. The molecule has 1 saturated carbocycles. The highest BCUT2D eigenvalue weighted by molar-refractivity contribution is 9.10. The number of halogens is 1. The first-order chi connectivity index (χ1) is 8.61. The Labute approximate surface area is 116 Å². The summed E-state index contributed by atoms with van der Waals surface area (Å²) in [6, 6.07) is 5.81. The van der Waals surface area contributed by atoms with Gasteiger partial charge in [0.1, 0.15) is 0 Å². The van der Waals surface area contributed by atoms with Crippen molar-refractivity contribution < 1.29 is 4.79 Å². The largest absolute Gasteiger partial charge is 0.398 e. The first-order valence-electron chi connectivity index (χ1n) is 6.42. The number of rotatable bonds is 2. The molecule has 1 aliphatic carbocycles. The van der Waals surface area contributed by atoms with E-state index in [0.29, 0.717) is 21.8 Å². The molecule has 2 N–H and O–H groups in total. The smallest absolute Gasteiger partial charge is 0.255 e. The summed E-state index contributed by atoms with van der Waals surface area (Å²) in [5, 5.41) is 0. The minimum atomic E-state index is 0.0566. The molecule has 0 bridgehead atoms. The SMILES string of the molecule is CN(C(=O)c1cccc(N)c1Br)C1CCCCC1. The Balaban J connectivity index is 2.17. The Hall–Kier alpha value is -1.03. The fourth-order valence-electron chi connectivity index (χ4n) is 2.54. The summed E-state index contributed by atoms with van der Waals surface area (Å²) < 4.78 is 0.706. The predicted molar refractivity (Wildman–Crippen MR) is 77.5 cm³/mol. The molecule has 0 aromatic heterocycles. The van der Waals surface area contributed by atoms with Gasteiger partial charge >= 0.3 is 0 Å². The second kappa shape index (κ2) is 5.74. The molecule has 2 rings (SSSR count). The third kappa shape index (κ3) is 2.69. The van der Waals surface area contributed by atoms with E-state index in [-0.39, 0.29) is 5.91 Å². The van der Waals surface area contributed by atoms with Crippen molar-refractivity contribution in [2.45, 2.75) is 38.1 Å². The highest BCUT2D eigenvalue weighted by Gasteiger charge is 2.24. The lowest BCUT2D eigenvalue weighted by Gasteiger charge is -2.31. The molecule has 1 aliphatic rings. The molecule has 0 unspecified atom stereocenters. The van der Waals surface area contributed by atoms with E-state index in [1.54, 1.807) is 6.07 Å². The van der Waals surface area contributed by atoms with Crippen LogP contribution in [0.25, 0.3) is 0 Å². The molecule has 0 radical (unpaired) electrons. The highest BCUT2D eigenvalue weighted by atomic mass is 79.9. The van der Waals surface area contributed by atoms with Crippen molar-refractivity contribution in [3.8, 4) is 0 Å². The second-order valence-corrected chi connectivity index (χ2v) is 5.71. The molecule has 1 aromatic carbocycles. The Bertz CT molecular complexity index is 441. The molecule has 1 aromatic rings. The van der Waals surface area contributed by atoms with Gasteiger partial charge < -0.3 is 10.6 Å². The third-order valence-corrected chi connectivity index (χ3v) is 4.59. The van der Waals surface area contributed by atoms with Gasteiger partial charge in [-0.05, 0) is 40.9 Å². The van der Waals surface area contributed by atoms with Gasteiger partial charge in [-0.1, -0.05) is 25.3 Å². The van der Waals surface area contributed by atoms with Crippen LogP contribution in [0.1, 0.15) is 42.5 Å². The number of nitrogen functional groups attached to an aromatic ring is 1. The minimum absolute atomic E-state index is 0.0566. The van der Waals surface area contributed by atoms with Gasteiger partial charge in [0.15, 0.2) is 0 Å². The average molecular weight is 311 g/mol. The van der Waals surface area contributed by atoms with Gasteiger partial charge in [-0.3, -0.25) is 4.79 Å². The zero-order chi connectivity index (χ0) is 13.1. The summed E-state index contributed by atoms with van der Waals surface area (Å²) in [7, 11) is 1.90. The summed E-state index contributed by atoms with van der Waals surface area (Å²) >= 11 is 3.40. The van der Waals surface area contributed by atoms with Gasteiger partial charge in [0.05, 0.1) is 10.0 Å². The van der Waals surface area contributed by atoms with Crippen LogP contribution < -0.4 is 5.73 Å². The Morgan fingerprint density at radius 3 is 2.67 bits per heavy atom. The summed E-state index contributed by atoms with van der Waals surface area (Å²) in [5.41, 5.74) is 7.08. The molecule has 18 heavy (non-hydrogen) atoms. The molecule has 0 aliphatic heterocycles. The number of amides is 1. The van der Waals surface area contributed by atoms with Crippen molar-refractivity contribution in [1.82, 2.24) is 4.90 Å². The van der Waals surface area contributed by atoms with Crippen LogP contribution in [-0.2, 0) is 0 Å². The van der Waals surface area contributed by atoms with Crippen molar-refractivity contribution in [2.24, 2.45) is 0 Å². The maximum Gasteiger partial charge on any atom is 0.255 e. The number of benzene rings is 1. The molecule has 3 nitrogen and oxygen atoms in total. The van der Waals surface area contributed by atoms with E-state index in [9.17, 15) is 4.79 Å². The summed E-state index contributed by atoms with van der Waals surface area (Å²) in [4.78, 5) is 14.3. The van der Waals surface area contributed by atoms with Gasteiger partial charge in [-0.25, -0.2) is 0 Å². The summed E-state index contributed by atoms with van der Waals surface area (Å²) in [6.07, 6.45) is 5.96. The molecule has 0 heterocycles. The molecule has 4 heteroatoms. The number of anilines is 1. The monoisotopic (exact) mass is 310 g/mol. The van der Waals surface area contributed by atoms with Crippen molar-refractivity contribution in [1.29, 1.82) is 0 Å². The van der Waals surface area contributed by atoms with Crippen molar-refractivity contribution in [2.75, 3.05) is 12.8 Å². The van der Waals surface area contributed by atoms with Crippen LogP contribution in [0.15, 0.2) is 22.7 Å². The van der Waals surface area contributed by atoms with Crippen molar-refractivity contribution in [3.63, 3.8) is 0 Å². The van der Waals surface area contributed by atoms with E-state index in [1.165, 1.54) is 19.3 Å². The molecule has 0 spiro atoms. The Kier molecular flexibility index (Phi) is 4.27. The first kappa shape index (κ1) is 13.4. The predicted octanol–water partition coefficient (Wildman–Crippen LogP) is 3.44. The van der Waals surface area contributed by atoms with Crippen LogP contribution in [-0.4, -0.2) is 23.9 Å². The highest BCUT2D eigenvalue weighted by Crippen LogP contribution is 2.27.